The topological polar surface area (TPSA) is 35.5 Å². The first-order chi connectivity index (χ1) is 23.9. The highest BCUT2D eigenvalue weighted by Crippen LogP contribution is 2.55. The summed E-state index contributed by atoms with van der Waals surface area (Å²) >= 11 is 0. The highest BCUT2D eigenvalue weighted by molar-refractivity contribution is 7.95. The third kappa shape index (κ3) is 12.0. The maximum Gasteiger partial charge on any atom is 0.138 e. The number of rotatable bonds is 18. The van der Waals surface area contributed by atoms with Crippen LogP contribution in [-0.4, -0.2) is 23.7 Å². The fourth-order valence-corrected chi connectivity index (χ4v) is 12.0. The number of carbonyl (C=O) groups excluding carboxylic acids is 1. The molecule has 2 bridgehead atoms. The van der Waals surface area contributed by atoms with Crippen molar-refractivity contribution in [2.75, 3.05) is 6.16 Å². The van der Waals surface area contributed by atoms with Gasteiger partial charge < -0.3 is 17.0 Å². The van der Waals surface area contributed by atoms with E-state index in [1.165, 1.54) is 99.1 Å². The highest BCUT2D eigenvalue weighted by Gasteiger charge is 2.48. The van der Waals surface area contributed by atoms with Gasteiger partial charge in [0.05, 0.1) is 6.16 Å². The number of allylic oxidation sites excluding steroid dienone is 1. The Bertz CT molecular complexity index is 1270. The van der Waals surface area contributed by atoms with E-state index in [1.54, 1.807) is 0 Å². The molecule has 2 aliphatic rings. The lowest BCUT2D eigenvalue weighted by molar-refractivity contribution is -0.415. The van der Waals surface area contributed by atoms with E-state index in [-0.39, 0.29) is 34.9 Å². The summed E-state index contributed by atoms with van der Waals surface area (Å²) < 4.78 is 0. The van der Waals surface area contributed by atoms with Crippen LogP contribution in [0.4, 0.5) is 0 Å². The predicted molar refractivity (Wildman–Crippen MR) is 212 cm³/mol. The van der Waals surface area contributed by atoms with Crippen LogP contribution in [0.15, 0.2) is 103 Å². The average Bonchev–Trinajstić information content (AvgIpc) is 3.14. The molecule has 1 aliphatic carbocycles. The largest absolute Gasteiger partial charge is 1.00 e. The van der Waals surface area contributed by atoms with Crippen LogP contribution in [0.2, 0.25) is 0 Å². The Morgan fingerprint density at radius 2 is 1.16 bits per heavy atom. The molecule has 1 heterocycles. The van der Waals surface area contributed by atoms with Crippen LogP contribution in [-0.2, 0) is 14.6 Å². The fourth-order valence-electron chi connectivity index (χ4n) is 7.50. The molecule has 1 saturated carbocycles. The Morgan fingerprint density at radius 3 is 1.64 bits per heavy atom. The van der Waals surface area contributed by atoms with Gasteiger partial charge in [-0.2, -0.15) is 0 Å². The molecule has 0 radical (unpaired) electrons. The van der Waals surface area contributed by atoms with E-state index in [1.807, 2.05) is 6.92 Å². The summed E-state index contributed by atoms with van der Waals surface area (Å²) in [5.41, 5.74) is -0.440. The second kappa shape index (κ2) is 22.8. The molecular formula is C45H64BrO3P. The molecule has 5 rings (SSSR count). The van der Waals surface area contributed by atoms with Gasteiger partial charge in [0.2, 0.25) is 0 Å². The van der Waals surface area contributed by atoms with E-state index >= 15 is 0 Å². The first-order valence-corrected chi connectivity index (χ1v) is 21.5. The lowest BCUT2D eigenvalue weighted by atomic mass is 9.71. The lowest BCUT2D eigenvalue weighted by Crippen LogP contribution is -3.00. The van der Waals surface area contributed by atoms with E-state index in [2.05, 4.69) is 124 Å². The molecule has 3 aromatic rings. The lowest BCUT2D eigenvalue weighted by Gasteiger charge is -2.45. The molecule has 0 unspecified atom stereocenters. The highest BCUT2D eigenvalue weighted by atomic mass is 79.9. The molecule has 50 heavy (non-hydrogen) atoms. The second-order valence-corrected chi connectivity index (χ2v) is 18.2. The van der Waals surface area contributed by atoms with Crippen molar-refractivity contribution >= 4 is 29.0 Å². The van der Waals surface area contributed by atoms with Gasteiger partial charge in [0, 0.05) is 18.3 Å². The molecule has 3 nitrogen and oxygen atoms in total. The molecule has 274 valence electrons. The minimum Gasteiger partial charge on any atom is -1.00 e. The molecule has 3 aromatic carbocycles. The van der Waals surface area contributed by atoms with Crippen molar-refractivity contribution in [3.05, 3.63) is 103 Å². The molecule has 1 saturated heterocycles. The summed E-state index contributed by atoms with van der Waals surface area (Å²) in [6.07, 6.45) is 24.4. The van der Waals surface area contributed by atoms with E-state index in [9.17, 15) is 4.79 Å². The summed E-state index contributed by atoms with van der Waals surface area (Å²) in [6.45, 7) is 8.58. The minimum atomic E-state index is -1.57. The Balaban J connectivity index is 0.000000267. The zero-order chi connectivity index (χ0) is 34.8. The fraction of sp³-hybridized carbons (Fsp3) is 0.533. The molecular weight excluding hydrogens is 699 g/mol. The third-order valence-corrected chi connectivity index (χ3v) is 15.3. The number of hydrogen-bond donors (Lipinski definition) is 0. The van der Waals surface area contributed by atoms with E-state index in [4.69, 9.17) is 9.78 Å². The molecule has 1 aliphatic heterocycles. The standard InChI is InChI=1S/C23H40O3.C22H24P.BrH/c1-4-5-6-7-8-9-10-11-12-13-14-15-16-23(3)20-17-21(24)19(2)22(18-20)25-26-23;1-2-3-19-23(20-13-7-4-8-14-20,21-15-9-5-10-16-21)22-17-11-6-12-18-22;/h15-16,19-20,22H,4-14,17-18H2,1-3H3;4-18H,2-3,19H2,1H3;1H/q;+1;/p-1/b16-15+;;/t19-,20+,22+,23-;;/m0../s1. The smallest absolute Gasteiger partial charge is 0.138 e. The normalized spacial score (nSPS) is 21.7. The first kappa shape index (κ1) is 42.3. The van der Waals surface area contributed by atoms with Crippen molar-refractivity contribution in [3.63, 3.8) is 0 Å². The van der Waals surface area contributed by atoms with Gasteiger partial charge in [0.15, 0.2) is 0 Å². The van der Waals surface area contributed by atoms with Crippen molar-refractivity contribution in [1.82, 2.24) is 0 Å². The van der Waals surface area contributed by atoms with E-state index in [0.29, 0.717) is 12.2 Å². The molecule has 0 amide bonds. The molecule has 5 heteroatoms. The number of Topliss-reactive ketones (excluding diaryl/α,β-unsaturated/α-hetero) is 1. The number of fused-ring (bicyclic) bond motifs is 2. The number of hydrogen-bond acceptors (Lipinski definition) is 3. The Kier molecular flexibility index (Phi) is 19.3. The molecule has 4 atom stereocenters. The Morgan fingerprint density at radius 1 is 0.700 bits per heavy atom. The van der Waals surface area contributed by atoms with Crippen LogP contribution in [0.5, 0.6) is 0 Å². The van der Waals surface area contributed by atoms with Crippen LogP contribution < -0.4 is 32.9 Å². The van der Waals surface area contributed by atoms with Gasteiger partial charge in [-0.15, -0.1) is 0 Å². The monoisotopic (exact) mass is 762 g/mol. The van der Waals surface area contributed by atoms with Crippen LogP contribution >= 0.6 is 7.26 Å². The maximum absolute atomic E-state index is 12.1. The molecule has 0 spiro atoms. The van der Waals surface area contributed by atoms with Gasteiger partial charge in [0.25, 0.3) is 0 Å². The number of carbonyl (C=O) groups is 1. The predicted octanol–water partition coefficient (Wildman–Crippen LogP) is 8.34. The number of benzene rings is 3. The summed E-state index contributed by atoms with van der Waals surface area (Å²) in [5, 5.41) is 4.47. The van der Waals surface area contributed by atoms with Gasteiger partial charge in [0.1, 0.15) is 40.7 Å². The van der Waals surface area contributed by atoms with Gasteiger partial charge in [-0.1, -0.05) is 152 Å². The summed E-state index contributed by atoms with van der Waals surface area (Å²) in [5.74, 6) is 0.559. The second-order valence-electron chi connectivity index (χ2n) is 14.6. The van der Waals surface area contributed by atoms with Gasteiger partial charge in [-0.3, -0.25) is 4.79 Å². The summed E-state index contributed by atoms with van der Waals surface area (Å²) in [7, 11) is -1.57. The van der Waals surface area contributed by atoms with Gasteiger partial charge in [-0.05, 0) is 69.0 Å². The van der Waals surface area contributed by atoms with Gasteiger partial charge in [-0.25, -0.2) is 9.78 Å². The average molecular weight is 764 g/mol. The van der Waals surface area contributed by atoms with Crippen LogP contribution in [0.3, 0.4) is 0 Å². The van der Waals surface area contributed by atoms with Gasteiger partial charge >= 0.3 is 0 Å². The quantitative estimate of drug-likeness (QED) is 0.0566. The van der Waals surface area contributed by atoms with Crippen molar-refractivity contribution in [2.45, 2.75) is 136 Å². The van der Waals surface area contributed by atoms with E-state index in [0.717, 1.165) is 12.8 Å². The molecule has 2 fully saturated rings. The number of ketones is 1. The van der Waals surface area contributed by atoms with E-state index < -0.39 is 12.9 Å². The zero-order valence-electron chi connectivity index (χ0n) is 31.4. The molecule has 0 N–H and O–H groups in total. The first-order valence-electron chi connectivity index (χ1n) is 19.5. The summed E-state index contributed by atoms with van der Waals surface area (Å²) in [6, 6.07) is 33.4. The summed E-state index contributed by atoms with van der Waals surface area (Å²) in [4.78, 5) is 23.4. The van der Waals surface area contributed by atoms with Crippen molar-refractivity contribution in [2.24, 2.45) is 11.8 Å². The van der Waals surface area contributed by atoms with Crippen molar-refractivity contribution in [1.29, 1.82) is 0 Å². The van der Waals surface area contributed by atoms with Crippen LogP contribution in [0, 0.1) is 11.8 Å². The zero-order valence-corrected chi connectivity index (χ0v) is 33.9. The number of unbranched alkanes of at least 4 members (excludes halogenated alkanes) is 11. The minimum absolute atomic E-state index is 0. The molecule has 0 aromatic heterocycles. The van der Waals surface area contributed by atoms with Crippen LogP contribution in [0.1, 0.15) is 124 Å². The van der Waals surface area contributed by atoms with Crippen molar-refractivity contribution < 1.29 is 31.6 Å². The van der Waals surface area contributed by atoms with Crippen LogP contribution in [0.25, 0.3) is 0 Å². The Hall–Kier alpha value is -2.10. The Labute approximate surface area is 316 Å². The maximum atomic E-state index is 12.1. The van der Waals surface area contributed by atoms with Crippen molar-refractivity contribution in [3.8, 4) is 0 Å². The third-order valence-electron chi connectivity index (χ3n) is 10.8. The SMILES string of the molecule is CCCCCCCCCCCC/C=C/[C@]1(C)OO[C@@H]2C[C@H]1CC(=O)[C@@H]2C.CCCC[P+](c1ccccc1)(c1ccccc1)c1ccccc1.[Br-]. The number of halogens is 1.